The molecule has 0 saturated carbocycles. The fraction of sp³-hybridized carbons (Fsp3) is 0.350. The van der Waals surface area contributed by atoms with E-state index in [1.54, 1.807) is 10.9 Å². The van der Waals surface area contributed by atoms with Gasteiger partial charge in [-0.05, 0) is 37.1 Å². The van der Waals surface area contributed by atoms with Crippen LogP contribution in [0.2, 0.25) is 0 Å². The Hall–Kier alpha value is -2.93. The van der Waals surface area contributed by atoms with Crippen molar-refractivity contribution in [2.45, 2.75) is 19.8 Å². The third-order valence-electron chi connectivity index (χ3n) is 5.07. The summed E-state index contributed by atoms with van der Waals surface area (Å²) in [4.78, 5) is 17.4. The number of aryl methyl sites for hydroxylation is 3. The molecule has 2 aromatic heterocycles. The monoisotopic (exact) mass is 365 g/mol. The molecule has 0 bridgehead atoms. The van der Waals surface area contributed by atoms with Gasteiger partial charge in [0, 0.05) is 43.5 Å². The van der Waals surface area contributed by atoms with Crippen LogP contribution in [-0.4, -0.2) is 33.8 Å². The molecule has 0 unspecified atom stereocenters. The Morgan fingerprint density at radius 1 is 1.33 bits per heavy atom. The third-order valence-corrected chi connectivity index (χ3v) is 5.07. The number of amides is 1. The van der Waals surface area contributed by atoms with Gasteiger partial charge in [0.05, 0.1) is 17.8 Å². The second-order valence-corrected chi connectivity index (χ2v) is 7.13. The minimum Gasteiger partial charge on any atom is -0.444 e. The van der Waals surface area contributed by atoms with E-state index in [0.29, 0.717) is 12.4 Å². The van der Waals surface area contributed by atoms with Crippen LogP contribution in [0.4, 0.5) is 5.69 Å². The SMILES string of the molecule is Cc1coc(-c2ccc(C)c(NC(=O)[C@H]3CNC[C@@H]3c3cnn(C)c3)c2)n1. The molecule has 7 nitrogen and oxygen atoms in total. The average molecular weight is 365 g/mol. The largest absolute Gasteiger partial charge is 0.444 e. The lowest BCUT2D eigenvalue weighted by molar-refractivity contribution is -0.119. The van der Waals surface area contributed by atoms with Gasteiger partial charge in [0.1, 0.15) is 6.26 Å². The Bertz CT molecular complexity index is 974. The normalized spacial score (nSPS) is 19.4. The highest BCUT2D eigenvalue weighted by Crippen LogP contribution is 2.30. The van der Waals surface area contributed by atoms with Crippen LogP contribution < -0.4 is 10.6 Å². The van der Waals surface area contributed by atoms with Crippen LogP contribution in [0, 0.1) is 19.8 Å². The van der Waals surface area contributed by atoms with Gasteiger partial charge in [-0.15, -0.1) is 0 Å². The molecule has 1 saturated heterocycles. The summed E-state index contributed by atoms with van der Waals surface area (Å²) in [7, 11) is 1.89. The molecule has 0 aliphatic carbocycles. The number of carbonyl (C=O) groups excluding carboxylic acids is 1. The van der Waals surface area contributed by atoms with E-state index < -0.39 is 0 Å². The molecular weight excluding hydrogens is 342 g/mol. The molecule has 3 heterocycles. The lowest BCUT2D eigenvalue weighted by Crippen LogP contribution is -2.28. The van der Waals surface area contributed by atoms with Crippen molar-refractivity contribution in [1.82, 2.24) is 20.1 Å². The van der Waals surface area contributed by atoms with Gasteiger partial charge in [0.25, 0.3) is 0 Å². The number of hydrogen-bond acceptors (Lipinski definition) is 5. The maximum atomic E-state index is 13.0. The summed E-state index contributed by atoms with van der Waals surface area (Å²) in [6, 6.07) is 5.84. The summed E-state index contributed by atoms with van der Waals surface area (Å²) in [5, 5.41) is 10.7. The standard InChI is InChI=1S/C20H23N5O2/c1-12-4-5-14(20-23-13(2)11-27-20)6-18(12)24-19(26)17-9-21-8-16(17)15-7-22-25(3)10-15/h4-7,10-11,16-17,21H,8-9H2,1-3H3,(H,24,26)/t16-,17+/m1/s1. The molecule has 1 aliphatic heterocycles. The number of aromatic nitrogens is 3. The smallest absolute Gasteiger partial charge is 0.229 e. The summed E-state index contributed by atoms with van der Waals surface area (Å²) < 4.78 is 7.26. The first-order valence-electron chi connectivity index (χ1n) is 9.04. The number of benzene rings is 1. The van der Waals surface area contributed by atoms with Gasteiger partial charge >= 0.3 is 0 Å². The van der Waals surface area contributed by atoms with Crippen LogP contribution in [0.5, 0.6) is 0 Å². The lowest BCUT2D eigenvalue weighted by atomic mass is 9.90. The van der Waals surface area contributed by atoms with Crippen molar-refractivity contribution in [1.29, 1.82) is 0 Å². The maximum Gasteiger partial charge on any atom is 0.229 e. The Morgan fingerprint density at radius 2 is 2.19 bits per heavy atom. The molecular formula is C20H23N5O2. The molecule has 0 radical (unpaired) electrons. The van der Waals surface area contributed by atoms with Crippen LogP contribution in [0.1, 0.15) is 22.7 Å². The molecule has 3 aromatic rings. The summed E-state index contributed by atoms with van der Waals surface area (Å²) in [5.74, 6) is 0.550. The predicted octanol–water partition coefficient (Wildman–Crippen LogP) is 2.63. The number of hydrogen-bond donors (Lipinski definition) is 2. The maximum absolute atomic E-state index is 13.0. The van der Waals surface area contributed by atoms with Crippen molar-refractivity contribution in [2.75, 3.05) is 18.4 Å². The number of rotatable bonds is 4. The van der Waals surface area contributed by atoms with Gasteiger partial charge < -0.3 is 15.1 Å². The van der Waals surface area contributed by atoms with Crippen LogP contribution in [-0.2, 0) is 11.8 Å². The Balaban J connectivity index is 1.55. The molecule has 2 N–H and O–H groups in total. The zero-order chi connectivity index (χ0) is 19.0. The van der Waals surface area contributed by atoms with E-state index in [1.165, 1.54) is 0 Å². The molecule has 27 heavy (non-hydrogen) atoms. The molecule has 0 spiro atoms. The summed E-state index contributed by atoms with van der Waals surface area (Å²) >= 11 is 0. The minimum atomic E-state index is -0.138. The number of nitrogens with one attached hydrogen (secondary N) is 2. The highest BCUT2D eigenvalue weighted by Gasteiger charge is 2.34. The van der Waals surface area contributed by atoms with Crippen LogP contribution >= 0.6 is 0 Å². The summed E-state index contributed by atoms with van der Waals surface area (Å²) in [6.45, 7) is 5.29. The fourth-order valence-electron chi connectivity index (χ4n) is 3.54. The van der Waals surface area contributed by atoms with Gasteiger partial charge in [-0.3, -0.25) is 9.48 Å². The second-order valence-electron chi connectivity index (χ2n) is 7.13. The first-order valence-corrected chi connectivity index (χ1v) is 9.04. The number of nitrogens with zero attached hydrogens (tertiary/aromatic N) is 3. The fourth-order valence-corrected chi connectivity index (χ4v) is 3.54. The van der Waals surface area contributed by atoms with Crippen molar-refractivity contribution < 1.29 is 9.21 Å². The lowest BCUT2D eigenvalue weighted by Gasteiger charge is -2.18. The zero-order valence-corrected chi connectivity index (χ0v) is 15.7. The predicted molar refractivity (Wildman–Crippen MR) is 102 cm³/mol. The molecule has 1 amide bonds. The van der Waals surface area contributed by atoms with E-state index in [9.17, 15) is 4.79 Å². The third kappa shape index (κ3) is 3.50. The highest BCUT2D eigenvalue weighted by molar-refractivity contribution is 5.95. The van der Waals surface area contributed by atoms with Crippen LogP contribution in [0.3, 0.4) is 0 Å². The van der Waals surface area contributed by atoms with Gasteiger partial charge in [-0.2, -0.15) is 5.10 Å². The molecule has 1 aromatic carbocycles. The van der Waals surface area contributed by atoms with Crippen molar-refractivity contribution >= 4 is 11.6 Å². The van der Waals surface area contributed by atoms with Gasteiger partial charge in [-0.25, -0.2) is 4.98 Å². The van der Waals surface area contributed by atoms with Crippen molar-refractivity contribution in [3.05, 3.63) is 53.7 Å². The topological polar surface area (TPSA) is 85.0 Å². The van der Waals surface area contributed by atoms with Gasteiger partial charge in [0.15, 0.2) is 0 Å². The van der Waals surface area contributed by atoms with E-state index in [1.807, 2.05) is 51.5 Å². The first kappa shape index (κ1) is 17.5. The van der Waals surface area contributed by atoms with Crippen molar-refractivity contribution in [2.24, 2.45) is 13.0 Å². The van der Waals surface area contributed by atoms with E-state index in [0.717, 1.165) is 34.6 Å². The van der Waals surface area contributed by atoms with Crippen LogP contribution in [0.25, 0.3) is 11.5 Å². The second kappa shape index (κ2) is 7.00. The van der Waals surface area contributed by atoms with E-state index in [-0.39, 0.29) is 17.7 Å². The average Bonchev–Trinajstić information content (AvgIpc) is 3.37. The van der Waals surface area contributed by atoms with Crippen LogP contribution in [0.15, 0.2) is 41.3 Å². The van der Waals surface area contributed by atoms with Gasteiger partial charge in [-0.1, -0.05) is 6.07 Å². The first-order chi connectivity index (χ1) is 13.0. The molecule has 2 atom stereocenters. The van der Waals surface area contributed by atoms with E-state index in [4.69, 9.17) is 4.42 Å². The highest BCUT2D eigenvalue weighted by atomic mass is 16.3. The summed E-state index contributed by atoms with van der Waals surface area (Å²) in [5.41, 5.74) is 4.54. The number of carbonyl (C=O) groups is 1. The summed E-state index contributed by atoms with van der Waals surface area (Å²) in [6.07, 6.45) is 5.44. The van der Waals surface area contributed by atoms with Crippen molar-refractivity contribution in [3.8, 4) is 11.5 Å². The Morgan fingerprint density at radius 3 is 2.89 bits per heavy atom. The molecule has 1 fully saturated rings. The molecule has 4 rings (SSSR count). The number of anilines is 1. The van der Waals surface area contributed by atoms with E-state index >= 15 is 0 Å². The van der Waals surface area contributed by atoms with E-state index in [2.05, 4.69) is 20.7 Å². The molecule has 7 heteroatoms. The number of oxazole rings is 1. The minimum absolute atomic E-state index is 0.0117. The molecule has 1 aliphatic rings. The Labute approximate surface area is 157 Å². The van der Waals surface area contributed by atoms with Crippen molar-refractivity contribution in [3.63, 3.8) is 0 Å². The Kier molecular flexibility index (Phi) is 4.53. The van der Waals surface area contributed by atoms with Gasteiger partial charge in [0.2, 0.25) is 11.8 Å². The zero-order valence-electron chi connectivity index (χ0n) is 15.7. The quantitative estimate of drug-likeness (QED) is 0.742. The molecule has 140 valence electrons.